The summed E-state index contributed by atoms with van der Waals surface area (Å²) in [6.07, 6.45) is 6.17. The summed E-state index contributed by atoms with van der Waals surface area (Å²) < 4.78 is 0. The van der Waals surface area contributed by atoms with Gasteiger partial charge in [0, 0.05) is 19.1 Å². The third-order valence-electron chi connectivity index (χ3n) is 5.24. The first-order valence-corrected chi connectivity index (χ1v) is 8.89. The number of carbonyl (C=O) groups excluding carboxylic acids is 1. The Kier molecular flexibility index (Phi) is 5.34. The van der Waals surface area contributed by atoms with Crippen LogP contribution in [0.2, 0.25) is 0 Å². The van der Waals surface area contributed by atoms with Crippen molar-refractivity contribution in [3.8, 4) is 0 Å². The fourth-order valence-electron chi connectivity index (χ4n) is 4.05. The number of nitrogens with zero attached hydrogens (tertiary/aromatic N) is 1. The summed E-state index contributed by atoms with van der Waals surface area (Å²) in [6, 6.07) is 8.94. The summed E-state index contributed by atoms with van der Waals surface area (Å²) in [7, 11) is 4.14. The first kappa shape index (κ1) is 16.5. The van der Waals surface area contributed by atoms with Crippen molar-refractivity contribution in [1.82, 2.24) is 15.5 Å². The molecule has 1 aromatic rings. The number of hydrogen-bond donors (Lipinski definition) is 2. The first-order valence-electron chi connectivity index (χ1n) is 8.89. The molecule has 23 heavy (non-hydrogen) atoms. The zero-order valence-electron chi connectivity index (χ0n) is 14.3. The zero-order valence-corrected chi connectivity index (χ0v) is 14.3. The predicted octanol–water partition coefficient (Wildman–Crippen LogP) is 2.29. The summed E-state index contributed by atoms with van der Waals surface area (Å²) in [4.78, 5) is 14.7. The topological polar surface area (TPSA) is 44.4 Å². The molecule has 1 saturated carbocycles. The minimum absolute atomic E-state index is 0.00381. The first-order chi connectivity index (χ1) is 11.1. The molecule has 3 unspecified atom stereocenters. The van der Waals surface area contributed by atoms with Crippen molar-refractivity contribution in [2.75, 3.05) is 14.1 Å². The van der Waals surface area contributed by atoms with Crippen molar-refractivity contribution < 1.29 is 4.79 Å². The van der Waals surface area contributed by atoms with Crippen molar-refractivity contribution in [3.05, 3.63) is 35.4 Å². The van der Waals surface area contributed by atoms with Crippen molar-refractivity contribution in [2.45, 2.75) is 57.3 Å². The number of benzene rings is 1. The Bertz CT molecular complexity index is 529. The Balaban J connectivity index is 1.55. The highest BCUT2D eigenvalue weighted by Gasteiger charge is 2.37. The second kappa shape index (κ2) is 7.45. The molecule has 2 aliphatic rings. The smallest absolute Gasteiger partial charge is 0.237 e. The van der Waals surface area contributed by atoms with E-state index in [2.05, 4.69) is 47.8 Å². The van der Waals surface area contributed by atoms with Gasteiger partial charge in [0.15, 0.2) is 0 Å². The van der Waals surface area contributed by atoms with Crippen LogP contribution in [0.1, 0.15) is 43.2 Å². The third-order valence-corrected chi connectivity index (χ3v) is 5.24. The molecule has 4 nitrogen and oxygen atoms in total. The summed E-state index contributed by atoms with van der Waals surface area (Å²) in [5.41, 5.74) is 2.50. The van der Waals surface area contributed by atoms with Crippen molar-refractivity contribution >= 4 is 5.91 Å². The number of rotatable bonds is 5. The number of amides is 1. The molecule has 3 atom stereocenters. The highest BCUT2D eigenvalue weighted by molar-refractivity contribution is 5.82. The molecule has 2 fully saturated rings. The molecular weight excluding hydrogens is 286 g/mol. The number of carbonyl (C=O) groups is 1. The van der Waals surface area contributed by atoms with Gasteiger partial charge < -0.3 is 15.5 Å². The Labute approximate surface area is 139 Å². The maximum absolute atomic E-state index is 12.5. The molecule has 0 aromatic heterocycles. The van der Waals surface area contributed by atoms with Gasteiger partial charge in [0.1, 0.15) is 0 Å². The monoisotopic (exact) mass is 315 g/mol. The molecular formula is C19H29N3O. The van der Waals surface area contributed by atoms with Gasteiger partial charge in [-0.2, -0.15) is 0 Å². The Morgan fingerprint density at radius 2 is 1.96 bits per heavy atom. The molecule has 126 valence electrons. The molecule has 1 aliphatic heterocycles. The van der Waals surface area contributed by atoms with E-state index in [1.165, 1.54) is 36.8 Å². The Hall–Kier alpha value is -1.39. The van der Waals surface area contributed by atoms with E-state index in [1.807, 2.05) is 6.07 Å². The summed E-state index contributed by atoms with van der Waals surface area (Å²) in [5, 5.41) is 6.70. The van der Waals surface area contributed by atoms with Crippen LogP contribution in [0.15, 0.2) is 24.3 Å². The highest BCUT2D eigenvalue weighted by atomic mass is 16.2. The van der Waals surface area contributed by atoms with Crippen LogP contribution in [0.3, 0.4) is 0 Å². The molecule has 1 amide bonds. The molecule has 0 bridgehead atoms. The molecule has 0 spiro atoms. The lowest BCUT2D eigenvalue weighted by Gasteiger charge is -2.24. The van der Waals surface area contributed by atoms with Crippen LogP contribution >= 0.6 is 0 Å². The van der Waals surface area contributed by atoms with Crippen molar-refractivity contribution in [2.24, 2.45) is 5.92 Å². The SMILES string of the molecule is CN(C)Cc1ccccc1CNC(=O)C1CC2CCCCC2N1. The van der Waals surface area contributed by atoms with Gasteiger partial charge in [-0.05, 0) is 50.4 Å². The van der Waals surface area contributed by atoms with Crippen LogP contribution < -0.4 is 10.6 Å². The number of fused-ring (bicyclic) bond motifs is 1. The van der Waals surface area contributed by atoms with Gasteiger partial charge in [0.05, 0.1) is 6.04 Å². The van der Waals surface area contributed by atoms with Crippen molar-refractivity contribution in [3.63, 3.8) is 0 Å². The molecule has 1 aliphatic carbocycles. The Morgan fingerprint density at radius 3 is 2.70 bits per heavy atom. The standard InChI is InChI=1S/C19H29N3O/c1-22(2)13-16-9-4-3-8-15(16)12-20-19(23)18-11-14-7-5-6-10-17(14)21-18/h3-4,8-9,14,17-18,21H,5-7,10-13H2,1-2H3,(H,20,23). The van der Waals surface area contributed by atoms with Gasteiger partial charge >= 0.3 is 0 Å². The lowest BCUT2D eigenvalue weighted by Crippen LogP contribution is -2.43. The number of hydrogen-bond acceptors (Lipinski definition) is 3. The predicted molar refractivity (Wildman–Crippen MR) is 93.0 cm³/mol. The van der Waals surface area contributed by atoms with Crippen LogP contribution in [0.4, 0.5) is 0 Å². The largest absolute Gasteiger partial charge is 0.351 e. The summed E-state index contributed by atoms with van der Waals surface area (Å²) in [5.74, 6) is 0.875. The maximum Gasteiger partial charge on any atom is 0.237 e. The van der Waals surface area contributed by atoms with Crippen LogP contribution in [0.25, 0.3) is 0 Å². The minimum atomic E-state index is 0.00381. The fraction of sp³-hybridized carbons (Fsp3) is 0.632. The minimum Gasteiger partial charge on any atom is -0.351 e. The lowest BCUT2D eigenvalue weighted by atomic mass is 9.85. The quantitative estimate of drug-likeness (QED) is 0.876. The second-order valence-corrected chi connectivity index (χ2v) is 7.33. The van der Waals surface area contributed by atoms with Crippen LogP contribution in [0, 0.1) is 5.92 Å². The molecule has 1 heterocycles. The fourth-order valence-corrected chi connectivity index (χ4v) is 4.05. The average Bonchev–Trinajstić information content (AvgIpc) is 2.97. The van der Waals surface area contributed by atoms with Gasteiger partial charge in [-0.25, -0.2) is 0 Å². The van der Waals surface area contributed by atoms with Gasteiger partial charge in [-0.1, -0.05) is 37.1 Å². The third kappa shape index (κ3) is 4.12. The van der Waals surface area contributed by atoms with E-state index in [4.69, 9.17) is 0 Å². The second-order valence-electron chi connectivity index (χ2n) is 7.33. The van der Waals surface area contributed by atoms with E-state index in [1.54, 1.807) is 0 Å². The molecule has 3 rings (SSSR count). The summed E-state index contributed by atoms with van der Waals surface area (Å²) >= 11 is 0. The molecule has 1 aromatic carbocycles. The van der Waals surface area contributed by atoms with Gasteiger partial charge in [-0.15, -0.1) is 0 Å². The molecule has 0 radical (unpaired) electrons. The van der Waals surface area contributed by atoms with Crippen LogP contribution in [0.5, 0.6) is 0 Å². The normalized spacial score (nSPS) is 27.0. The van der Waals surface area contributed by atoms with Crippen LogP contribution in [-0.2, 0) is 17.9 Å². The van der Waals surface area contributed by atoms with E-state index < -0.39 is 0 Å². The molecule has 2 N–H and O–H groups in total. The summed E-state index contributed by atoms with van der Waals surface area (Å²) in [6.45, 7) is 1.52. The van der Waals surface area contributed by atoms with E-state index in [9.17, 15) is 4.79 Å². The highest BCUT2D eigenvalue weighted by Crippen LogP contribution is 2.33. The average molecular weight is 315 g/mol. The maximum atomic E-state index is 12.5. The van der Waals surface area contributed by atoms with E-state index >= 15 is 0 Å². The number of nitrogens with one attached hydrogen (secondary N) is 2. The van der Waals surface area contributed by atoms with E-state index in [-0.39, 0.29) is 11.9 Å². The molecule has 1 saturated heterocycles. The van der Waals surface area contributed by atoms with E-state index in [0.717, 1.165) is 13.0 Å². The Morgan fingerprint density at radius 1 is 1.22 bits per heavy atom. The van der Waals surface area contributed by atoms with Crippen molar-refractivity contribution in [1.29, 1.82) is 0 Å². The molecule has 4 heteroatoms. The van der Waals surface area contributed by atoms with E-state index in [0.29, 0.717) is 18.5 Å². The zero-order chi connectivity index (χ0) is 16.2. The lowest BCUT2D eigenvalue weighted by molar-refractivity contribution is -0.123. The van der Waals surface area contributed by atoms with Gasteiger partial charge in [-0.3, -0.25) is 4.79 Å². The van der Waals surface area contributed by atoms with Gasteiger partial charge in [0.2, 0.25) is 5.91 Å². The van der Waals surface area contributed by atoms with Gasteiger partial charge in [0.25, 0.3) is 0 Å². The van der Waals surface area contributed by atoms with Crippen LogP contribution in [-0.4, -0.2) is 37.0 Å².